The van der Waals surface area contributed by atoms with E-state index < -0.39 is 11.6 Å². The third kappa shape index (κ3) is 7.02. The molecule has 0 saturated carbocycles. The minimum Gasteiger partial charge on any atom is -0.367 e. The number of hydrogen-bond acceptors (Lipinski definition) is 5. The van der Waals surface area contributed by atoms with E-state index in [1.54, 1.807) is 0 Å². The van der Waals surface area contributed by atoms with Crippen molar-refractivity contribution in [1.82, 2.24) is 0 Å². The van der Waals surface area contributed by atoms with Crippen molar-refractivity contribution in [2.75, 3.05) is 32.2 Å². The van der Waals surface area contributed by atoms with Crippen molar-refractivity contribution < 1.29 is 18.9 Å². The zero-order valence-electron chi connectivity index (χ0n) is 16.7. The van der Waals surface area contributed by atoms with Gasteiger partial charge in [-0.2, -0.15) is 12.6 Å². The molecule has 1 aliphatic rings. The fraction of sp³-hybridized carbons (Fsp3) is 1.00. The zero-order valence-corrected chi connectivity index (χ0v) is 17.6. The van der Waals surface area contributed by atoms with E-state index in [1.807, 2.05) is 0 Å². The second-order valence-corrected chi connectivity index (χ2v) is 7.38. The average Bonchev–Trinajstić information content (AvgIpc) is 2.63. The molecule has 1 fully saturated rings. The number of hydrogen-bond donors (Lipinski definition) is 1. The van der Waals surface area contributed by atoms with E-state index in [-0.39, 0.29) is 0 Å². The van der Waals surface area contributed by atoms with Crippen LogP contribution in [0.25, 0.3) is 0 Å². The molecular formula is C20H40O4S. The van der Waals surface area contributed by atoms with Gasteiger partial charge < -0.3 is 18.9 Å². The molecule has 0 aromatic carbocycles. The minimum absolute atomic E-state index is 0.523. The van der Waals surface area contributed by atoms with Gasteiger partial charge in [-0.15, -0.1) is 0 Å². The van der Waals surface area contributed by atoms with Crippen molar-refractivity contribution in [2.24, 2.45) is 0 Å². The summed E-state index contributed by atoms with van der Waals surface area (Å²) in [6, 6.07) is 0. The molecule has 1 rings (SSSR count). The Morgan fingerprint density at radius 2 is 1.40 bits per heavy atom. The summed E-state index contributed by atoms with van der Waals surface area (Å²) < 4.78 is 25.3. The van der Waals surface area contributed by atoms with Crippen LogP contribution in [0.15, 0.2) is 0 Å². The lowest BCUT2D eigenvalue weighted by molar-refractivity contribution is -0.461. The zero-order chi connectivity index (χ0) is 18.4. The van der Waals surface area contributed by atoms with Gasteiger partial charge in [-0.3, -0.25) is 0 Å². The predicted molar refractivity (Wildman–Crippen MR) is 106 cm³/mol. The summed E-state index contributed by atoms with van der Waals surface area (Å²) in [4.78, 5) is 0. The summed E-state index contributed by atoms with van der Waals surface area (Å²) in [5.74, 6) is -0.231. The predicted octanol–water partition coefficient (Wildman–Crippen LogP) is 5.35. The Morgan fingerprint density at radius 3 is 1.92 bits per heavy atom. The number of rotatable bonds is 15. The maximum atomic E-state index is 6.48. The molecule has 0 amide bonds. The molecule has 1 unspecified atom stereocenters. The molecule has 1 heterocycles. The number of unbranched alkanes of at least 4 members (excludes halogenated alkanes) is 3. The van der Waals surface area contributed by atoms with Crippen molar-refractivity contribution >= 4 is 12.6 Å². The molecule has 0 N–H and O–H groups in total. The quantitative estimate of drug-likeness (QED) is 0.237. The van der Waals surface area contributed by atoms with E-state index in [0.717, 1.165) is 76.6 Å². The molecule has 0 bridgehead atoms. The van der Waals surface area contributed by atoms with Crippen molar-refractivity contribution in [3.63, 3.8) is 0 Å². The monoisotopic (exact) mass is 376 g/mol. The maximum Gasteiger partial charge on any atom is 0.313 e. The molecule has 0 aliphatic carbocycles. The summed E-state index contributed by atoms with van der Waals surface area (Å²) in [5.41, 5.74) is -0.523. The van der Waals surface area contributed by atoms with Crippen LogP contribution in [0.4, 0.5) is 0 Å². The Kier molecular flexibility index (Phi) is 12.4. The molecule has 1 aliphatic heterocycles. The standard InChI is InChI=1S/C20H40O4S/c1-4-7-14-21-19(13-11-18-25)12-10-17-24-20(19,22-15-8-5-2)23-16-9-6-3/h25H,4-18H2,1-3H3. The van der Waals surface area contributed by atoms with Gasteiger partial charge in [0.2, 0.25) is 0 Å². The Balaban J connectivity index is 3.00. The molecule has 4 nitrogen and oxygen atoms in total. The number of ether oxygens (including phenoxy) is 4. The van der Waals surface area contributed by atoms with Gasteiger partial charge in [0, 0.05) is 6.61 Å². The van der Waals surface area contributed by atoms with Crippen LogP contribution in [0.2, 0.25) is 0 Å². The van der Waals surface area contributed by atoms with Gasteiger partial charge in [0.25, 0.3) is 0 Å². The van der Waals surface area contributed by atoms with Gasteiger partial charge in [0.15, 0.2) is 0 Å². The Labute approximate surface area is 160 Å². The van der Waals surface area contributed by atoms with Crippen LogP contribution in [0.3, 0.4) is 0 Å². The molecule has 1 atom stereocenters. The van der Waals surface area contributed by atoms with Crippen LogP contribution >= 0.6 is 12.6 Å². The lowest BCUT2D eigenvalue weighted by Crippen LogP contribution is -2.63. The average molecular weight is 377 g/mol. The molecule has 0 radical (unpaired) electrons. The van der Waals surface area contributed by atoms with Crippen molar-refractivity contribution in [2.45, 2.75) is 96.6 Å². The molecule has 25 heavy (non-hydrogen) atoms. The third-order valence-corrected chi connectivity index (χ3v) is 5.09. The van der Waals surface area contributed by atoms with Crippen LogP contribution in [0.5, 0.6) is 0 Å². The van der Waals surface area contributed by atoms with Crippen LogP contribution in [-0.4, -0.2) is 43.8 Å². The molecule has 0 spiro atoms. The smallest absolute Gasteiger partial charge is 0.313 e. The number of thiol groups is 1. The van der Waals surface area contributed by atoms with E-state index in [0.29, 0.717) is 19.8 Å². The molecule has 0 aromatic rings. The lowest BCUT2D eigenvalue weighted by atomic mass is 9.87. The van der Waals surface area contributed by atoms with Crippen molar-refractivity contribution in [1.29, 1.82) is 0 Å². The van der Waals surface area contributed by atoms with Crippen LogP contribution in [0, 0.1) is 0 Å². The van der Waals surface area contributed by atoms with Gasteiger partial charge in [0.05, 0.1) is 19.8 Å². The van der Waals surface area contributed by atoms with Crippen LogP contribution in [-0.2, 0) is 18.9 Å². The highest BCUT2D eigenvalue weighted by atomic mass is 32.1. The first kappa shape index (κ1) is 23.2. The van der Waals surface area contributed by atoms with Gasteiger partial charge in [0.1, 0.15) is 5.60 Å². The van der Waals surface area contributed by atoms with E-state index in [4.69, 9.17) is 18.9 Å². The van der Waals surface area contributed by atoms with E-state index in [2.05, 4.69) is 33.4 Å². The van der Waals surface area contributed by atoms with Crippen LogP contribution < -0.4 is 0 Å². The van der Waals surface area contributed by atoms with E-state index in [9.17, 15) is 0 Å². The first-order valence-corrected chi connectivity index (χ1v) is 11.0. The molecule has 0 aromatic heterocycles. The summed E-state index contributed by atoms with van der Waals surface area (Å²) in [7, 11) is 0. The first-order chi connectivity index (χ1) is 12.2. The molecular weight excluding hydrogens is 336 g/mol. The highest BCUT2D eigenvalue weighted by molar-refractivity contribution is 7.80. The Morgan fingerprint density at radius 1 is 0.840 bits per heavy atom. The topological polar surface area (TPSA) is 36.9 Å². The van der Waals surface area contributed by atoms with E-state index in [1.165, 1.54) is 0 Å². The summed E-state index contributed by atoms with van der Waals surface area (Å²) >= 11 is 4.42. The highest BCUT2D eigenvalue weighted by Gasteiger charge is 2.58. The fourth-order valence-electron chi connectivity index (χ4n) is 3.23. The van der Waals surface area contributed by atoms with Gasteiger partial charge in [-0.1, -0.05) is 40.0 Å². The van der Waals surface area contributed by atoms with Gasteiger partial charge >= 0.3 is 5.97 Å². The summed E-state index contributed by atoms with van der Waals surface area (Å²) in [6.07, 6.45) is 10.1. The normalized spacial score (nSPS) is 23.0. The molecule has 150 valence electrons. The Bertz CT molecular complexity index is 317. The first-order valence-electron chi connectivity index (χ1n) is 10.4. The fourth-order valence-corrected chi connectivity index (χ4v) is 3.38. The second kappa shape index (κ2) is 13.4. The minimum atomic E-state index is -1.06. The summed E-state index contributed by atoms with van der Waals surface area (Å²) in [6.45, 7) is 9.19. The maximum absolute atomic E-state index is 6.48. The van der Waals surface area contributed by atoms with Crippen molar-refractivity contribution in [3.8, 4) is 0 Å². The largest absolute Gasteiger partial charge is 0.367 e. The van der Waals surface area contributed by atoms with E-state index >= 15 is 0 Å². The van der Waals surface area contributed by atoms with Crippen LogP contribution in [0.1, 0.15) is 85.0 Å². The SMILES string of the molecule is CCCCOC1(CCCS)CCCOC1(OCCCC)OCCCC. The van der Waals surface area contributed by atoms with Crippen molar-refractivity contribution in [3.05, 3.63) is 0 Å². The summed E-state index contributed by atoms with van der Waals surface area (Å²) in [5, 5.41) is 0. The molecule has 5 heteroatoms. The third-order valence-electron chi connectivity index (χ3n) is 4.77. The molecule has 1 saturated heterocycles. The van der Waals surface area contributed by atoms with Gasteiger partial charge in [-0.25, -0.2) is 0 Å². The highest BCUT2D eigenvalue weighted by Crippen LogP contribution is 2.44. The van der Waals surface area contributed by atoms with Gasteiger partial charge in [-0.05, 0) is 50.7 Å². The lowest BCUT2D eigenvalue weighted by Gasteiger charge is -2.51. The Hall–Kier alpha value is 0.190. The second-order valence-electron chi connectivity index (χ2n) is 6.94.